The number of hydrogen-bond acceptors (Lipinski definition) is 6. The van der Waals surface area contributed by atoms with Crippen molar-refractivity contribution in [1.29, 1.82) is 0 Å². The fourth-order valence-electron chi connectivity index (χ4n) is 9.32. The molecule has 0 saturated heterocycles. The summed E-state index contributed by atoms with van der Waals surface area (Å²) in [7, 11) is 0. The molecule has 0 aliphatic heterocycles. The van der Waals surface area contributed by atoms with Gasteiger partial charge in [0.1, 0.15) is 13.2 Å². The molecule has 0 fully saturated rings. The molecule has 6 heteroatoms. The maximum absolute atomic E-state index is 12.8. The first-order chi connectivity index (χ1) is 32.6. The van der Waals surface area contributed by atoms with Crippen molar-refractivity contribution in [2.45, 2.75) is 343 Å². The molecular formula is C61H118O6. The molecular weight excluding hydrogens is 829 g/mol. The van der Waals surface area contributed by atoms with Crippen LogP contribution in [-0.4, -0.2) is 37.2 Å². The zero-order valence-corrected chi connectivity index (χ0v) is 46.2. The zero-order chi connectivity index (χ0) is 49.1. The molecule has 0 aromatic heterocycles. The van der Waals surface area contributed by atoms with Crippen LogP contribution in [0.4, 0.5) is 0 Å². The Morgan fingerprint density at radius 2 is 0.522 bits per heavy atom. The van der Waals surface area contributed by atoms with Crippen LogP contribution in [0.2, 0.25) is 0 Å². The maximum Gasteiger partial charge on any atom is 0.306 e. The van der Waals surface area contributed by atoms with Gasteiger partial charge in [0.25, 0.3) is 0 Å². The lowest BCUT2D eigenvalue weighted by Crippen LogP contribution is -2.30. The quantitative estimate of drug-likeness (QED) is 0.0343. The van der Waals surface area contributed by atoms with Crippen molar-refractivity contribution in [2.75, 3.05) is 13.2 Å². The van der Waals surface area contributed by atoms with Gasteiger partial charge in [-0.15, -0.1) is 0 Å². The molecule has 0 spiro atoms. The predicted molar refractivity (Wildman–Crippen MR) is 289 cm³/mol. The Balaban J connectivity index is 4.20. The van der Waals surface area contributed by atoms with Gasteiger partial charge in [-0.3, -0.25) is 14.4 Å². The monoisotopic (exact) mass is 947 g/mol. The number of unbranched alkanes of at least 4 members (excludes halogenated alkanes) is 36. The zero-order valence-electron chi connectivity index (χ0n) is 46.2. The molecule has 2 atom stereocenters. The highest BCUT2D eigenvalue weighted by atomic mass is 16.6. The third kappa shape index (κ3) is 53.6. The summed E-state index contributed by atoms with van der Waals surface area (Å²) in [5.41, 5.74) is 0. The van der Waals surface area contributed by atoms with Gasteiger partial charge in [0, 0.05) is 19.3 Å². The lowest BCUT2D eigenvalue weighted by Gasteiger charge is -2.18. The third-order valence-corrected chi connectivity index (χ3v) is 14.3. The Kier molecular flexibility index (Phi) is 51.0. The first-order valence-electron chi connectivity index (χ1n) is 30.1. The van der Waals surface area contributed by atoms with E-state index in [9.17, 15) is 14.4 Å². The average molecular weight is 948 g/mol. The van der Waals surface area contributed by atoms with Crippen molar-refractivity contribution in [1.82, 2.24) is 0 Å². The Morgan fingerprint density at radius 3 is 0.776 bits per heavy atom. The summed E-state index contributed by atoms with van der Waals surface area (Å²) in [4.78, 5) is 38.1. The topological polar surface area (TPSA) is 78.9 Å². The second-order valence-corrected chi connectivity index (χ2v) is 22.2. The summed E-state index contributed by atoms with van der Waals surface area (Å²) in [5, 5.41) is 0. The summed E-state index contributed by atoms with van der Waals surface area (Å²) in [5.74, 6) is 1.70. The Labute approximate surface area is 418 Å². The summed E-state index contributed by atoms with van der Waals surface area (Å²) in [6.07, 6.45) is 55.3. The van der Waals surface area contributed by atoms with Gasteiger partial charge in [0.2, 0.25) is 0 Å². The van der Waals surface area contributed by atoms with E-state index in [1.54, 1.807) is 0 Å². The molecule has 0 aliphatic rings. The summed E-state index contributed by atoms with van der Waals surface area (Å²) in [6, 6.07) is 0. The van der Waals surface area contributed by atoms with Crippen LogP contribution in [0.1, 0.15) is 337 Å². The lowest BCUT2D eigenvalue weighted by molar-refractivity contribution is -0.167. The van der Waals surface area contributed by atoms with E-state index in [0.29, 0.717) is 19.3 Å². The molecule has 0 bridgehead atoms. The molecule has 0 N–H and O–H groups in total. The lowest BCUT2D eigenvalue weighted by atomic mass is 9.99. The molecule has 0 aromatic rings. The molecule has 0 aliphatic carbocycles. The standard InChI is InChI=1S/C61H118O6/c1-7-57(6)49-43-37-31-24-20-16-12-10-8-9-11-13-17-21-25-32-38-44-50-59(62)65-53-58(67-61(64)52-46-40-34-28-27-30-36-42-48-56(4)5)54-66-60(63)51-45-39-33-26-22-18-14-15-19-23-29-35-41-47-55(2)3/h55-58H,7-54H2,1-6H3/t57?,58-/m0/s1. The highest BCUT2D eigenvalue weighted by Gasteiger charge is 2.19. The van der Waals surface area contributed by atoms with Gasteiger partial charge in [-0.25, -0.2) is 0 Å². The second kappa shape index (κ2) is 52.2. The fraction of sp³-hybridized carbons (Fsp3) is 0.951. The van der Waals surface area contributed by atoms with E-state index >= 15 is 0 Å². The summed E-state index contributed by atoms with van der Waals surface area (Å²) < 4.78 is 16.9. The van der Waals surface area contributed by atoms with E-state index in [4.69, 9.17) is 14.2 Å². The molecule has 0 saturated carbocycles. The molecule has 0 heterocycles. The van der Waals surface area contributed by atoms with Crippen molar-refractivity contribution in [3.63, 3.8) is 0 Å². The number of esters is 3. The second-order valence-electron chi connectivity index (χ2n) is 22.2. The Morgan fingerprint density at radius 1 is 0.299 bits per heavy atom. The largest absolute Gasteiger partial charge is 0.462 e. The number of hydrogen-bond donors (Lipinski definition) is 0. The van der Waals surface area contributed by atoms with Gasteiger partial charge in [-0.05, 0) is 37.0 Å². The fourth-order valence-corrected chi connectivity index (χ4v) is 9.32. The van der Waals surface area contributed by atoms with Crippen LogP contribution in [-0.2, 0) is 28.6 Å². The minimum absolute atomic E-state index is 0.0638. The maximum atomic E-state index is 12.8. The van der Waals surface area contributed by atoms with E-state index in [1.807, 2.05) is 0 Å². The van der Waals surface area contributed by atoms with E-state index in [-0.39, 0.29) is 31.1 Å². The van der Waals surface area contributed by atoms with Gasteiger partial charge in [-0.2, -0.15) is 0 Å². The van der Waals surface area contributed by atoms with Crippen LogP contribution >= 0.6 is 0 Å². The van der Waals surface area contributed by atoms with E-state index < -0.39 is 6.10 Å². The smallest absolute Gasteiger partial charge is 0.306 e. The molecule has 0 radical (unpaired) electrons. The molecule has 6 nitrogen and oxygen atoms in total. The third-order valence-electron chi connectivity index (χ3n) is 14.3. The van der Waals surface area contributed by atoms with Gasteiger partial charge in [-0.1, -0.05) is 298 Å². The highest BCUT2D eigenvalue weighted by molar-refractivity contribution is 5.71. The number of carbonyl (C=O) groups excluding carboxylic acids is 3. The van der Waals surface area contributed by atoms with Crippen LogP contribution in [0.5, 0.6) is 0 Å². The van der Waals surface area contributed by atoms with E-state index in [2.05, 4.69) is 41.5 Å². The SMILES string of the molecule is CCC(C)CCCCCCCCCCCCCCCCCCCCC(=O)OC[C@@H](COC(=O)CCCCCCCCCCCCCCCC(C)C)OC(=O)CCCCCCCCCCC(C)C. The van der Waals surface area contributed by atoms with Crippen molar-refractivity contribution < 1.29 is 28.6 Å². The first kappa shape index (κ1) is 65.4. The minimum Gasteiger partial charge on any atom is -0.462 e. The molecule has 1 unspecified atom stereocenters. The summed E-state index contributed by atoms with van der Waals surface area (Å²) >= 11 is 0. The van der Waals surface area contributed by atoms with Crippen LogP contribution in [0.15, 0.2) is 0 Å². The molecule has 0 aromatic carbocycles. The van der Waals surface area contributed by atoms with Crippen molar-refractivity contribution in [3.8, 4) is 0 Å². The van der Waals surface area contributed by atoms with Crippen molar-refractivity contribution in [2.24, 2.45) is 17.8 Å². The molecule has 67 heavy (non-hydrogen) atoms. The predicted octanol–water partition coefficient (Wildman–Crippen LogP) is 19.9. The van der Waals surface area contributed by atoms with Crippen molar-refractivity contribution in [3.05, 3.63) is 0 Å². The first-order valence-corrected chi connectivity index (χ1v) is 30.1. The normalized spacial score (nSPS) is 12.5. The van der Waals surface area contributed by atoms with Gasteiger partial charge >= 0.3 is 17.9 Å². The molecule has 398 valence electrons. The number of rotatable bonds is 54. The Hall–Kier alpha value is -1.59. The highest BCUT2D eigenvalue weighted by Crippen LogP contribution is 2.19. The molecule has 0 amide bonds. The van der Waals surface area contributed by atoms with Gasteiger partial charge in [0.05, 0.1) is 0 Å². The van der Waals surface area contributed by atoms with Crippen LogP contribution in [0.25, 0.3) is 0 Å². The van der Waals surface area contributed by atoms with Crippen LogP contribution < -0.4 is 0 Å². The minimum atomic E-state index is -0.764. The Bertz CT molecular complexity index is 1040. The number of carbonyl (C=O) groups is 3. The van der Waals surface area contributed by atoms with Crippen LogP contribution in [0, 0.1) is 17.8 Å². The van der Waals surface area contributed by atoms with E-state index in [1.165, 1.54) is 218 Å². The number of ether oxygens (including phenoxy) is 3. The van der Waals surface area contributed by atoms with E-state index in [0.717, 1.165) is 75.5 Å². The molecule has 0 rings (SSSR count). The van der Waals surface area contributed by atoms with Gasteiger partial charge < -0.3 is 14.2 Å². The summed E-state index contributed by atoms with van der Waals surface area (Å²) in [6.45, 7) is 13.8. The van der Waals surface area contributed by atoms with Crippen molar-refractivity contribution >= 4 is 17.9 Å². The average Bonchev–Trinajstić information content (AvgIpc) is 3.30. The van der Waals surface area contributed by atoms with Gasteiger partial charge in [0.15, 0.2) is 6.10 Å². The van der Waals surface area contributed by atoms with Crippen LogP contribution in [0.3, 0.4) is 0 Å².